The Morgan fingerprint density at radius 1 is 1.56 bits per heavy atom. The van der Waals surface area contributed by atoms with Crippen LogP contribution in [0.2, 0.25) is 5.02 Å². The highest BCUT2D eigenvalue weighted by molar-refractivity contribution is 6.32. The first-order valence-electron chi connectivity index (χ1n) is 5.07. The summed E-state index contributed by atoms with van der Waals surface area (Å²) >= 11 is 5.95. The van der Waals surface area contributed by atoms with Crippen molar-refractivity contribution >= 4 is 17.6 Å². The van der Waals surface area contributed by atoms with Crippen molar-refractivity contribution in [3.63, 3.8) is 0 Å². The number of ether oxygens (including phenoxy) is 1. The van der Waals surface area contributed by atoms with Crippen molar-refractivity contribution in [1.29, 1.82) is 0 Å². The summed E-state index contributed by atoms with van der Waals surface area (Å²) in [5, 5.41) is 9.51. The van der Waals surface area contributed by atoms with Gasteiger partial charge in [-0.1, -0.05) is 24.6 Å². The number of carbonyl (C=O) groups is 1. The van der Waals surface area contributed by atoms with Gasteiger partial charge in [-0.05, 0) is 38.0 Å². The van der Waals surface area contributed by atoms with Crippen LogP contribution in [0.1, 0.15) is 25.8 Å². The van der Waals surface area contributed by atoms with Crippen LogP contribution in [0.15, 0.2) is 18.2 Å². The smallest absolute Gasteiger partial charge is 0.347 e. The Balaban J connectivity index is 3.03. The van der Waals surface area contributed by atoms with Crippen molar-refractivity contribution in [2.45, 2.75) is 32.8 Å². The van der Waals surface area contributed by atoms with Crippen LogP contribution in [0.3, 0.4) is 0 Å². The van der Waals surface area contributed by atoms with Gasteiger partial charge in [-0.15, -0.1) is 0 Å². The molecular weight excluding hydrogens is 228 g/mol. The molecule has 4 heteroatoms. The van der Waals surface area contributed by atoms with Gasteiger partial charge in [0, 0.05) is 0 Å². The topological polar surface area (TPSA) is 46.5 Å². The Morgan fingerprint density at radius 2 is 2.19 bits per heavy atom. The van der Waals surface area contributed by atoms with E-state index in [0.717, 1.165) is 5.56 Å². The number of carboxylic acid groups (broad SMARTS) is 1. The molecule has 0 heterocycles. The van der Waals surface area contributed by atoms with Gasteiger partial charge in [0.1, 0.15) is 5.75 Å². The largest absolute Gasteiger partial charge is 0.478 e. The Kier molecular flexibility index (Phi) is 3.81. The molecule has 1 aromatic carbocycles. The van der Waals surface area contributed by atoms with Gasteiger partial charge in [0.25, 0.3) is 0 Å². The number of rotatable bonds is 4. The van der Waals surface area contributed by atoms with Crippen LogP contribution in [0.5, 0.6) is 5.75 Å². The maximum Gasteiger partial charge on any atom is 0.347 e. The van der Waals surface area contributed by atoms with E-state index >= 15 is 0 Å². The highest BCUT2D eigenvalue weighted by Crippen LogP contribution is 2.30. The highest BCUT2D eigenvalue weighted by atomic mass is 35.5. The molecular formula is C12H15ClO3. The van der Waals surface area contributed by atoms with Crippen LogP contribution in [-0.4, -0.2) is 16.7 Å². The van der Waals surface area contributed by atoms with E-state index in [1.165, 1.54) is 6.92 Å². The van der Waals surface area contributed by atoms with Crippen molar-refractivity contribution in [2.75, 3.05) is 0 Å². The van der Waals surface area contributed by atoms with Crippen molar-refractivity contribution in [1.82, 2.24) is 0 Å². The Bertz CT molecular complexity index is 403. The van der Waals surface area contributed by atoms with E-state index < -0.39 is 11.6 Å². The lowest BCUT2D eigenvalue weighted by atomic mass is 10.0. The molecule has 88 valence electrons. The first kappa shape index (κ1) is 12.8. The number of carboxylic acids is 1. The average Bonchev–Trinajstić information content (AvgIpc) is 2.23. The summed E-state index contributed by atoms with van der Waals surface area (Å²) in [6.07, 6.45) is 0.368. The average molecular weight is 243 g/mol. The van der Waals surface area contributed by atoms with Gasteiger partial charge in [-0.3, -0.25) is 0 Å². The van der Waals surface area contributed by atoms with Gasteiger partial charge in [-0.2, -0.15) is 0 Å². The monoisotopic (exact) mass is 242 g/mol. The van der Waals surface area contributed by atoms with Crippen LogP contribution in [0, 0.1) is 6.92 Å². The Hall–Kier alpha value is -1.22. The zero-order chi connectivity index (χ0) is 12.3. The molecule has 0 radical (unpaired) electrons. The summed E-state index contributed by atoms with van der Waals surface area (Å²) in [4.78, 5) is 11.1. The maximum absolute atomic E-state index is 11.1. The minimum atomic E-state index is -1.24. The lowest BCUT2D eigenvalue weighted by Crippen LogP contribution is -2.40. The molecule has 0 amide bonds. The summed E-state index contributed by atoms with van der Waals surface area (Å²) in [6.45, 7) is 5.19. The molecule has 0 fully saturated rings. The van der Waals surface area contributed by atoms with E-state index in [-0.39, 0.29) is 0 Å². The second-order valence-corrected chi connectivity index (χ2v) is 4.33. The van der Waals surface area contributed by atoms with Crippen LogP contribution >= 0.6 is 11.6 Å². The normalized spacial score (nSPS) is 14.2. The third kappa shape index (κ3) is 2.67. The SMILES string of the molecule is CCC(C)(Oc1cc(C)ccc1Cl)C(=O)O. The van der Waals surface area contributed by atoms with E-state index in [4.69, 9.17) is 21.4 Å². The van der Waals surface area contributed by atoms with Gasteiger partial charge < -0.3 is 9.84 Å². The number of aliphatic carboxylic acids is 1. The van der Waals surface area contributed by atoms with Gasteiger partial charge in [0.2, 0.25) is 5.60 Å². The summed E-state index contributed by atoms with van der Waals surface area (Å²) in [6, 6.07) is 5.28. The molecule has 0 aliphatic carbocycles. The molecule has 1 N–H and O–H groups in total. The molecule has 0 spiro atoms. The van der Waals surface area contributed by atoms with E-state index in [0.29, 0.717) is 17.2 Å². The fourth-order valence-corrected chi connectivity index (χ4v) is 1.35. The molecule has 1 unspecified atom stereocenters. The van der Waals surface area contributed by atoms with Crippen molar-refractivity contribution < 1.29 is 14.6 Å². The van der Waals surface area contributed by atoms with Crippen molar-refractivity contribution in [3.8, 4) is 5.75 Å². The molecule has 16 heavy (non-hydrogen) atoms. The lowest BCUT2D eigenvalue weighted by molar-refractivity contribution is -0.154. The van der Waals surface area contributed by atoms with Gasteiger partial charge in [0.15, 0.2) is 0 Å². The number of hydrogen-bond donors (Lipinski definition) is 1. The molecule has 0 saturated carbocycles. The van der Waals surface area contributed by atoms with Gasteiger partial charge in [-0.25, -0.2) is 4.79 Å². The zero-order valence-corrected chi connectivity index (χ0v) is 10.3. The molecule has 1 atom stereocenters. The van der Waals surface area contributed by atoms with E-state index in [1.54, 1.807) is 19.1 Å². The Labute approximate surface area is 100.0 Å². The van der Waals surface area contributed by atoms with Crippen LogP contribution in [-0.2, 0) is 4.79 Å². The molecule has 0 saturated heterocycles. The number of hydrogen-bond acceptors (Lipinski definition) is 2. The van der Waals surface area contributed by atoms with E-state index in [2.05, 4.69) is 0 Å². The fraction of sp³-hybridized carbons (Fsp3) is 0.417. The molecule has 1 rings (SSSR count). The van der Waals surface area contributed by atoms with Gasteiger partial charge in [0.05, 0.1) is 5.02 Å². The summed E-state index contributed by atoms with van der Waals surface area (Å²) in [5.41, 5.74) is -0.263. The van der Waals surface area contributed by atoms with Gasteiger partial charge >= 0.3 is 5.97 Å². The van der Waals surface area contributed by atoms with Crippen LogP contribution < -0.4 is 4.74 Å². The molecule has 3 nitrogen and oxygen atoms in total. The molecule has 0 aliphatic rings. The van der Waals surface area contributed by atoms with Crippen LogP contribution in [0.25, 0.3) is 0 Å². The standard InChI is InChI=1S/C12H15ClO3/c1-4-12(3,11(14)15)16-10-7-8(2)5-6-9(10)13/h5-7H,4H2,1-3H3,(H,14,15). The van der Waals surface area contributed by atoms with E-state index in [9.17, 15) is 4.79 Å². The van der Waals surface area contributed by atoms with Crippen LogP contribution in [0.4, 0.5) is 0 Å². The fourth-order valence-electron chi connectivity index (χ4n) is 1.20. The second-order valence-electron chi connectivity index (χ2n) is 3.93. The van der Waals surface area contributed by atoms with Crippen molar-refractivity contribution in [2.24, 2.45) is 0 Å². The molecule has 1 aromatic rings. The quantitative estimate of drug-likeness (QED) is 0.881. The summed E-state index contributed by atoms with van der Waals surface area (Å²) < 4.78 is 5.49. The number of aryl methyl sites for hydroxylation is 1. The maximum atomic E-state index is 11.1. The molecule has 0 aliphatic heterocycles. The third-order valence-electron chi connectivity index (χ3n) is 2.55. The first-order chi connectivity index (χ1) is 7.39. The Morgan fingerprint density at radius 3 is 2.69 bits per heavy atom. The predicted molar refractivity (Wildman–Crippen MR) is 63.1 cm³/mol. The zero-order valence-electron chi connectivity index (χ0n) is 9.58. The number of halogens is 1. The van der Waals surface area contributed by atoms with E-state index in [1.807, 2.05) is 13.0 Å². The predicted octanol–water partition coefficient (Wildman–Crippen LogP) is 3.28. The summed E-state index contributed by atoms with van der Waals surface area (Å²) in [5.74, 6) is -0.582. The van der Waals surface area contributed by atoms with Crippen molar-refractivity contribution in [3.05, 3.63) is 28.8 Å². The first-order valence-corrected chi connectivity index (χ1v) is 5.45. The minimum Gasteiger partial charge on any atom is -0.478 e. The second kappa shape index (κ2) is 4.74. The molecule has 0 aromatic heterocycles. The lowest BCUT2D eigenvalue weighted by Gasteiger charge is -2.25. The minimum absolute atomic E-state index is 0.368. The molecule has 0 bridgehead atoms. The highest BCUT2D eigenvalue weighted by Gasteiger charge is 2.34. The number of benzene rings is 1. The summed E-state index contributed by atoms with van der Waals surface area (Å²) in [7, 11) is 0. The third-order valence-corrected chi connectivity index (χ3v) is 2.86.